The van der Waals surface area contributed by atoms with Gasteiger partial charge < -0.3 is 10.1 Å². The molecule has 4 aliphatic rings. The Balaban J connectivity index is 1.25. The third-order valence-corrected chi connectivity index (χ3v) is 8.75. The van der Waals surface area contributed by atoms with Crippen LogP contribution < -0.4 is 5.32 Å². The summed E-state index contributed by atoms with van der Waals surface area (Å²) < 4.78 is 45.2. The summed E-state index contributed by atoms with van der Waals surface area (Å²) >= 11 is 0. The van der Waals surface area contributed by atoms with Crippen molar-refractivity contribution in [3.05, 3.63) is 101 Å². The summed E-state index contributed by atoms with van der Waals surface area (Å²) in [4.78, 5) is 55.1. The van der Waals surface area contributed by atoms with Gasteiger partial charge in [0.05, 0.1) is 23.1 Å². The van der Waals surface area contributed by atoms with Gasteiger partial charge in [-0.1, -0.05) is 80.4 Å². The van der Waals surface area contributed by atoms with Gasteiger partial charge in [0.15, 0.2) is 6.61 Å². The molecule has 7 rings (SSSR count). The molecular formula is C33H29F3N2O5. The number of para-hydroxylation sites is 1. The minimum absolute atomic E-state index is 0.139. The third-order valence-electron chi connectivity index (χ3n) is 8.75. The fourth-order valence-corrected chi connectivity index (χ4v) is 7.02. The lowest BCUT2D eigenvalue weighted by atomic mass is 9.55. The number of halogens is 3. The van der Waals surface area contributed by atoms with E-state index in [2.05, 4.69) is 5.32 Å². The maximum Gasteiger partial charge on any atom is 0.418 e. The van der Waals surface area contributed by atoms with Gasteiger partial charge in [-0.05, 0) is 40.8 Å². The summed E-state index contributed by atoms with van der Waals surface area (Å²) in [5.74, 6) is -4.86. The number of benzene rings is 3. The van der Waals surface area contributed by atoms with Gasteiger partial charge >= 0.3 is 12.1 Å². The van der Waals surface area contributed by atoms with E-state index in [1.165, 1.54) is 12.1 Å². The van der Waals surface area contributed by atoms with E-state index >= 15 is 0 Å². The number of hydrogen-bond acceptors (Lipinski definition) is 5. The molecule has 10 heteroatoms. The van der Waals surface area contributed by atoms with Crippen molar-refractivity contribution < 1.29 is 37.1 Å². The first kappa shape index (κ1) is 28.6. The number of unbranched alkanes of at least 4 members (excludes halogenated alkanes) is 1. The number of hydrogen-bond donors (Lipinski definition) is 1. The zero-order valence-corrected chi connectivity index (χ0v) is 23.3. The van der Waals surface area contributed by atoms with Gasteiger partial charge in [-0.25, -0.2) is 4.79 Å². The lowest BCUT2D eigenvalue weighted by Gasteiger charge is -2.45. The Hall–Kier alpha value is -4.47. The van der Waals surface area contributed by atoms with Crippen molar-refractivity contribution in [2.24, 2.45) is 11.8 Å². The molecule has 3 aromatic carbocycles. The highest BCUT2D eigenvalue weighted by Crippen LogP contribution is 2.61. The van der Waals surface area contributed by atoms with Crippen LogP contribution in [0.1, 0.15) is 65.8 Å². The molecule has 1 aliphatic heterocycles. The normalized spacial score (nSPS) is 22.5. The molecule has 0 aromatic heterocycles. The summed E-state index contributed by atoms with van der Waals surface area (Å²) in [6.07, 6.45) is -3.38. The van der Waals surface area contributed by atoms with E-state index in [-0.39, 0.29) is 18.3 Å². The Kier molecular flexibility index (Phi) is 7.31. The largest absolute Gasteiger partial charge is 0.454 e. The predicted molar refractivity (Wildman–Crippen MR) is 150 cm³/mol. The molecule has 43 heavy (non-hydrogen) atoms. The Morgan fingerprint density at radius 3 is 1.81 bits per heavy atom. The number of ether oxygens (including phenoxy) is 1. The molecule has 0 radical (unpaired) electrons. The van der Waals surface area contributed by atoms with E-state index in [9.17, 15) is 32.3 Å². The second-order valence-corrected chi connectivity index (χ2v) is 11.2. The van der Waals surface area contributed by atoms with Crippen molar-refractivity contribution >= 4 is 29.4 Å². The molecular weight excluding hydrogens is 561 g/mol. The standard InChI is InChI=1S/C33H29F3N2O5/c1-2-3-16-24(32(42)43-17-25(39)37-23-15-9-8-14-22(23)33(34,35)36)38-30(40)28-26-18-10-4-5-11-19(18)27(29(28)31(38)41)21-13-7-6-12-20(21)26/h4-15,24,26-29H,2-3,16-17H2,1H3,(H,37,39)/t24-,26?,27?,28+,29+/m1/s1. The Bertz CT molecular complexity index is 1500. The van der Waals surface area contributed by atoms with Gasteiger partial charge in [-0.3, -0.25) is 19.3 Å². The molecule has 0 unspecified atom stereocenters. The number of amides is 3. The predicted octanol–water partition coefficient (Wildman–Crippen LogP) is 5.64. The SMILES string of the molecule is CCCC[C@H](C(=O)OCC(=O)Nc1ccccc1C(F)(F)F)N1C(=O)[C@H]2C3c4ccccc4C(c4ccccc43)[C@@H]2C1=O. The Morgan fingerprint density at radius 1 is 0.837 bits per heavy atom. The van der Waals surface area contributed by atoms with Gasteiger partial charge in [0.1, 0.15) is 6.04 Å². The maximum absolute atomic E-state index is 14.1. The quantitative estimate of drug-likeness (QED) is 0.271. The fraction of sp³-hybridized carbons (Fsp3) is 0.333. The van der Waals surface area contributed by atoms with E-state index in [0.29, 0.717) is 12.8 Å². The van der Waals surface area contributed by atoms with Crippen molar-refractivity contribution in [2.45, 2.75) is 50.2 Å². The van der Waals surface area contributed by atoms with Crippen LogP contribution in [0, 0.1) is 11.8 Å². The Labute approximate surface area is 246 Å². The van der Waals surface area contributed by atoms with E-state index < -0.39 is 65.6 Å². The van der Waals surface area contributed by atoms with Crippen LogP contribution in [0.15, 0.2) is 72.8 Å². The van der Waals surface area contributed by atoms with Crippen LogP contribution in [-0.4, -0.2) is 41.2 Å². The monoisotopic (exact) mass is 590 g/mol. The van der Waals surface area contributed by atoms with Crippen LogP contribution in [0.3, 0.4) is 0 Å². The number of likely N-dealkylation sites (tertiary alicyclic amines) is 1. The lowest BCUT2D eigenvalue weighted by Crippen LogP contribution is -2.47. The van der Waals surface area contributed by atoms with Crippen molar-refractivity contribution in [2.75, 3.05) is 11.9 Å². The number of alkyl halides is 3. The number of nitrogens with zero attached hydrogens (tertiary/aromatic N) is 1. The number of rotatable bonds is 8. The second kappa shape index (κ2) is 11.0. The maximum atomic E-state index is 14.1. The molecule has 3 atom stereocenters. The molecule has 0 spiro atoms. The first-order valence-electron chi connectivity index (χ1n) is 14.3. The molecule has 3 aromatic rings. The van der Waals surface area contributed by atoms with Gasteiger partial charge in [-0.2, -0.15) is 13.2 Å². The number of imide groups is 1. The van der Waals surface area contributed by atoms with Gasteiger partial charge in [0.25, 0.3) is 5.91 Å². The molecule has 1 N–H and O–H groups in total. The highest BCUT2D eigenvalue weighted by Gasteiger charge is 2.63. The highest BCUT2D eigenvalue weighted by molar-refractivity contribution is 6.10. The molecule has 1 heterocycles. The fourth-order valence-electron chi connectivity index (χ4n) is 7.02. The van der Waals surface area contributed by atoms with E-state index in [0.717, 1.165) is 39.3 Å². The Morgan fingerprint density at radius 2 is 1.33 bits per heavy atom. The number of carbonyl (C=O) groups excluding carboxylic acids is 4. The first-order chi connectivity index (χ1) is 20.6. The smallest absolute Gasteiger partial charge is 0.418 e. The average Bonchev–Trinajstić information content (AvgIpc) is 3.26. The summed E-state index contributed by atoms with van der Waals surface area (Å²) in [5, 5.41) is 2.14. The van der Waals surface area contributed by atoms with Crippen molar-refractivity contribution in [3.8, 4) is 0 Å². The molecule has 222 valence electrons. The van der Waals surface area contributed by atoms with Crippen molar-refractivity contribution in [3.63, 3.8) is 0 Å². The number of esters is 1. The number of carbonyl (C=O) groups is 4. The molecule has 1 fully saturated rings. The van der Waals surface area contributed by atoms with Gasteiger partial charge in [0, 0.05) is 11.8 Å². The minimum Gasteiger partial charge on any atom is -0.454 e. The van der Waals surface area contributed by atoms with E-state index in [4.69, 9.17) is 4.74 Å². The molecule has 3 aliphatic carbocycles. The molecule has 1 saturated heterocycles. The van der Waals surface area contributed by atoms with Crippen LogP contribution in [-0.2, 0) is 30.1 Å². The summed E-state index contributed by atoms with van der Waals surface area (Å²) in [6.45, 7) is 1.02. The van der Waals surface area contributed by atoms with Crippen molar-refractivity contribution in [1.29, 1.82) is 0 Å². The van der Waals surface area contributed by atoms with Gasteiger partial charge in [-0.15, -0.1) is 0 Å². The number of anilines is 1. The second-order valence-electron chi connectivity index (χ2n) is 11.2. The molecule has 7 nitrogen and oxygen atoms in total. The lowest BCUT2D eigenvalue weighted by molar-refractivity contribution is -0.160. The highest BCUT2D eigenvalue weighted by atomic mass is 19.4. The van der Waals surface area contributed by atoms with Crippen molar-refractivity contribution in [1.82, 2.24) is 4.90 Å². The minimum atomic E-state index is -4.70. The average molecular weight is 591 g/mol. The molecule has 0 saturated carbocycles. The summed E-state index contributed by atoms with van der Waals surface area (Å²) in [5.41, 5.74) is 2.49. The number of nitrogens with one attached hydrogen (secondary N) is 1. The zero-order valence-electron chi connectivity index (χ0n) is 23.3. The molecule has 2 bridgehead atoms. The van der Waals surface area contributed by atoms with Gasteiger partial charge in [0.2, 0.25) is 11.8 Å². The summed E-state index contributed by atoms with van der Waals surface area (Å²) in [6, 6.07) is 18.8. The van der Waals surface area contributed by atoms with E-state index in [1.807, 2.05) is 55.5 Å². The first-order valence-corrected chi connectivity index (χ1v) is 14.3. The van der Waals surface area contributed by atoms with Crippen LogP contribution in [0.25, 0.3) is 0 Å². The third kappa shape index (κ3) is 4.78. The van der Waals surface area contributed by atoms with Crippen LogP contribution in [0.4, 0.5) is 18.9 Å². The van der Waals surface area contributed by atoms with Crippen LogP contribution in [0.2, 0.25) is 0 Å². The molecule has 3 amide bonds. The topological polar surface area (TPSA) is 92.8 Å². The van der Waals surface area contributed by atoms with E-state index in [1.54, 1.807) is 0 Å². The zero-order chi connectivity index (χ0) is 30.5. The van der Waals surface area contributed by atoms with Crippen LogP contribution >= 0.6 is 0 Å². The summed E-state index contributed by atoms with van der Waals surface area (Å²) in [7, 11) is 0. The van der Waals surface area contributed by atoms with Crippen LogP contribution in [0.5, 0.6) is 0 Å².